The summed E-state index contributed by atoms with van der Waals surface area (Å²) in [6.07, 6.45) is 8.51. The molecule has 0 aliphatic carbocycles. The second-order valence-corrected chi connectivity index (χ2v) is 9.01. The predicted octanol–water partition coefficient (Wildman–Crippen LogP) is 7.52. The first-order chi connectivity index (χ1) is 16.3. The van der Waals surface area contributed by atoms with Crippen LogP contribution < -0.4 is 9.64 Å². The highest BCUT2D eigenvalue weighted by Crippen LogP contribution is 2.23. The van der Waals surface area contributed by atoms with Crippen LogP contribution in [0.15, 0.2) is 103 Å². The maximum absolute atomic E-state index is 13.1. The minimum Gasteiger partial charge on any atom is -0.497 e. The van der Waals surface area contributed by atoms with Crippen molar-refractivity contribution < 1.29 is 14.3 Å². The van der Waals surface area contributed by atoms with E-state index in [-0.39, 0.29) is 5.92 Å². The van der Waals surface area contributed by atoms with Gasteiger partial charge in [0.15, 0.2) is 0 Å². The number of rotatable bonds is 8. The molecule has 4 heteroatoms. The molecule has 0 unspecified atom stereocenters. The van der Waals surface area contributed by atoms with Gasteiger partial charge in [-0.15, -0.1) is 0 Å². The van der Waals surface area contributed by atoms with Gasteiger partial charge >= 0.3 is 6.09 Å². The molecule has 0 aliphatic rings. The zero-order chi connectivity index (χ0) is 24.4. The molecule has 0 heterocycles. The third kappa shape index (κ3) is 7.96. The van der Waals surface area contributed by atoms with Gasteiger partial charge in [-0.25, -0.2) is 4.79 Å². The highest BCUT2D eigenvalue weighted by atomic mass is 16.6. The van der Waals surface area contributed by atoms with E-state index in [0.717, 1.165) is 17.7 Å². The van der Waals surface area contributed by atoms with Gasteiger partial charge in [-0.2, -0.15) is 0 Å². The number of methoxy groups -OCH3 is 1. The van der Waals surface area contributed by atoms with Gasteiger partial charge in [0.05, 0.1) is 12.8 Å². The van der Waals surface area contributed by atoms with Crippen LogP contribution in [0.3, 0.4) is 0 Å². The van der Waals surface area contributed by atoms with Crippen molar-refractivity contribution in [3.05, 3.63) is 114 Å². The molecule has 0 aliphatic heterocycles. The van der Waals surface area contributed by atoms with E-state index in [2.05, 4.69) is 36.4 Å². The van der Waals surface area contributed by atoms with Crippen molar-refractivity contribution in [2.75, 3.05) is 12.0 Å². The third-order valence-electron chi connectivity index (χ3n) is 5.07. The second kappa shape index (κ2) is 11.9. The Morgan fingerprint density at radius 2 is 1.50 bits per heavy atom. The topological polar surface area (TPSA) is 38.8 Å². The van der Waals surface area contributed by atoms with E-state index in [4.69, 9.17) is 9.47 Å². The molecule has 0 spiro atoms. The SMILES string of the molecule is COc1ccc(N(/C=C\[C@@H](/C=C/c2ccccc2)Cc2ccccc2)C(=O)OC(C)(C)C)cc1. The van der Waals surface area contributed by atoms with Crippen LogP contribution in [0.1, 0.15) is 31.9 Å². The van der Waals surface area contributed by atoms with E-state index in [9.17, 15) is 4.79 Å². The molecule has 0 N–H and O–H groups in total. The number of anilines is 1. The minimum absolute atomic E-state index is 0.0748. The van der Waals surface area contributed by atoms with E-state index in [1.54, 1.807) is 18.2 Å². The molecule has 3 rings (SSSR count). The number of nitrogens with zero attached hydrogens (tertiary/aromatic N) is 1. The molecule has 34 heavy (non-hydrogen) atoms. The summed E-state index contributed by atoms with van der Waals surface area (Å²) in [4.78, 5) is 14.6. The quantitative estimate of drug-likeness (QED) is 0.352. The first kappa shape index (κ1) is 24.8. The van der Waals surface area contributed by atoms with Crippen molar-refractivity contribution in [2.45, 2.75) is 32.8 Å². The summed E-state index contributed by atoms with van der Waals surface area (Å²) < 4.78 is 10.9. The highest BCUT2D eigenvalue weighted by Gasteiger charge is 2.22. The van der Waals surface area contributed by atoms with Crippen molar-refractivity contribution in [3.8, 4) is 5.75 Å². The number of hydrogen-bond donors (Lipinski definition) is 0. The lowest BCUT2D eigenvalue weighted by Gasteiger charge is -2.25. The molecule has 1 atom stereocenters. The summed E-state index contributed by atoms with van der Waals surface area (Å²) in [5.74, 6) is 0.801. The molecular weight excluding hydrogens is 422 g/mol. The molecular formula is C30H33NO3. The molecule has 0 radical (unpaired) electrons. The Kier molecular flexibility index (Phi) is 8.69. The lowest BCUT2D eigenvalue weighted by atomic mass is 9.98. The van der Waals surface area contributed by atoms with Gasteiger partial charge in [-0.3, -0.25) is 4.90 Å². The van der Waals surface area contributed by atoms with Crippen LogP contribution in [0.25, 0.3) is 6.08 Å². The molecule has 0 saturated heterocycles. The molecule has 176 valence electrons. The number of allylic oxidation sites excluding steroid dienone is 2. The van der Waals surface area contributed by atoms with Gasteiger partial charge < -0.3 is 9.47 Å². The lowest BCUT2D eigenvalue weighted by molar-refractivity contribution is 0.0596. The van der Waals surface area contributed by atoms with Crippen LogP contribution in [0.5, 0.6) is 5.75 Å². The average Bonchev–Trinajstić information content (AvgIpc) is 2.83. The van der Waals surface area contributed by atoms with E-state index < -0.39 is 11.7 Å². The van der Waals surface area contributed by atoms with Crippen molar-refractivity contribution in [2.24, 2.45) is 5.92 Å². The Morgan fingerprint density at radius 3 is 2.09 bits per heavy atom. The standard InChI is InChI=1S/C30H33NO3/c1-30(2,3)34-29(32)31(27-17-19-28(33-4)20-18-27)22-21-26(23-25-13-9-6-10-14-25)16-15-24-11-7-5-8-12-24/h5-22,26H,23H2,1-4H3/b16-15+,22-21-/t26-/m1/s1. The van der Waals surface area contributed by atoms with E-state index in [1.807, 2.05) is 87.5 Å². The van der Waals surface area contributed by atoms with Gasteiger partial charge in [0.1, 0.15) is 11.4 Å². The number of ether oxygens (including phenoxy) is 2. The first-order valence-corrected chi connectivity index (χ1v) is 11.5. The predicted molar refractivity (Wildman–Crippen MR) is 140 cm³/mol. The second-order valence-electron chi connectivity index (χ2n) is 9.01. The van der Waals surface area contributed by atoms with Crippen molar-refractivity contribution in [3.63, 3.8) is 0 Å². The molecule has 4 nitrogen and oxygen atoms in total. The van der Waals surface area contributed by atoms with Crippen molar-refractivity contribution >= 4 is 17.9 Å². The summed E-state index contributed by atoms with van der Waals surface area (Å²) in [6.45, 7) is 5.59. The largest absolute Gasteiger partial charge is 0.497 e. The fourth-order valence-corrected chi connectivity index (χ4v) is 3.39. The summed E-state index contributed by atoms with van der Waals surface area (Å²) in [5.41, 5.74) is 2.46. The number of carbonyl (C=O) groups excluding carboxylic acids is 1. The summed E-state index contributed by atoms with van der Waals surface area (Å²) in [7, 11) is 1.62. The number of amides is 1. The molecule has 0 bridgehead atoms. The van der Waals surface area contributed by atoms with Gasteiger partial charge in [-0.1, -0.05) is 78.9 Å². The monoisotopic (exact) mass is 455 g/mol. The van der Waals surface area contributed by atoms with Gasteiger partial charge in [0, 0.05) is 12.1 Å². The lowest BCUT2D eigenvalue weighted by Crippen LogP contribution is -2.33. The molecule has 3 aromatic rings. The van der Waals surface area contributed by atoms with Crippen LogP contribution in [0.4, 0.5) is 10.5 Å². The number of benzene rings is 3. The average molecular weight is 456 g/mol. The molecule has 0 saturated carbocycles. The molecule has 1 amide bonds. The van der Waals surface area contributed by atoms with Gasteiger partial charge in [0.2, 0.25) is 0 Å². The third-order valence-corrected chi connectivity index (χ3v) is 5.07. The highest BCUT2D eigenvalue weighted by molar-refractivity contribution is 5.90. The molecule has 0 aromatic heterocycles. The van der Waals surface area contributed by atoms with Gasteiger partial charge in [0.25, 0.3) is 0 Å². The summed E-state index contributed by atoms with van der Waals surface area (Å²) in [5, 5.41) is 0. The molecule has 3 aromatic carbocycles. The fourth-order valence-electron chi connectivity index (χ4n) is 3.39. The summed E-state index contributed by atoms with van der Waals surface area (Å²) in [6, 6.07) is 27.9. The summed E-state index contributed by atoms with van der Waals surface area (Å²) >= 11 is 0. The van der Waals surface area contributed by atoms with Crippen LogP contribution in [0.2, 0.25) is 0 Å². The Hall–Kier alpha value is -3.79. The number of carbonyl (C=O) groups is 1. The van der Waals surface area contributed by atoms with E-state index in [0.29, 0.717) is 5.69 Å². The van der Waals surface area contributed by atoms with Crippen LogP contribution in [-0.2, 0) is 11.2 Å². The van der Waals surface area contributed by atoms with Crippen molar-refractivity contribution in [1.82, 2.24) is 0 Å². The van der Waals surface area contributed by atoms with Crippen LogP contribution in [-0.4, -0.2) is 18.8 Å². The Morgan fingerprint density at radius 1 is 0.882 bits per heavy atom. The first-order valence-electron chi connectivity index (χ1n) is 11.5. The minimum atomic E-state index is -0.605. The number of hydrogen-bond acceptors (Lipinski definition) is 3. The Labute approximate surface area is 203 Å². The smallest absolute Gasteiger partial charge is 0.418 e. The van der Waals surface area contributed by atoms with Crippen molar-refractivity contribution in [1.29, 1.82) is 0 Å². The molecule has 0 fully saturated rings. The zero-order valence-electron chi connectivity index (χ0n) is 20.3. The van der Waals surface area contributed by atoms with E-state index >= 15 is 0 Å². The Bertz CT molecular complexity index is 1080. The van der Waals surface area contributed by atoms with Gasteiger partial charge in [-0.05, 0) is 62.6 Å². The Balaban J connectivity index is 1.90. The normalized spacial score (nSPS) is 12.6. The van der Waals surface area contributed by atoms with Crippen LogP contribution >= 0.6 is 0 Å². The van der Waals surface area contributed by atoms with E-state index in [1.165, 1.54) is 5.56 Å². The maximum Gasteiger partial charge on any atom is 0.418 e. The van der Waals surface area contributed by atoms with Crippen LogP contribution in [0, 0.1) is 5.92 Å². The fraction of sp³-hybridized carbons (Fsp3) is 0.233. The zero-order valence-corrected chi connectivity index (χ0v) is 20.3. The maximum atomic E-state index is 13.1.